The van der Waals surface area contributed by atoms with Crippen LogP contribution in [0, 0.1) is 0 Å². The van der Waals surface area contributed by atoms with E-state index in [9.17, 15) is 4.79 Å². The molecule has 2 aromatic carbocycles. The average Bonchev–Trinajstić information content (AvgIpc) is 3.38. The van der Waals surface area contributed by atoms with E-state index in [2.05, 4.69) is 4.90 Å². The van der Waals surface area contributed by atoms with Crippen LogP contribution >= 0.6 is 34.3 Å². The summed E-state index contributed by atoms with van der Waals surface area (Å²) in [5, 5.41) is 2.18. The van der Waals surface area contributed by atoms with Gasteiger partial charge in [0, 0.05) is 36.3 Å². The third-order valence-electron chi connectivity index (χ3n) is 5.45. The fourth-order valence-electron chi connectivity index (χ4n) is 3.81. The summed E-state index contributed by atoms with van der Waals surface area (Å²) >= 11 is 9.64. The first kappa shape index (κ1) is 20.8. The van der Waals surface area contributed by atoms with Gasteiger partial charge < -0.3 is 4.74 Å². The number of carbonyl (C=O) groups excluding carboxylic acids is 1. The van der Waals surface area contributed by atoms with Crippen molar-refractivity contribution >= 4 is 65.6 Å². The highest BCUT2D eigenvalue weighted by Gasteiger charge is 2.26. The summed E-state index contributed by atoms with van der Waals surface area (Å²) in [6.45, 7) is 4.96. The predicted octanol–water partition coefficient (Wildman–Crippen LogP) is 5.53. The lowest BCUT2D eigenvalue weighted by Gasteiger charge is -2.27. The summed E-state index contributed by atoms with van der Waals surface area (Å²) in [6.07, 6.45) is 0.865. The zero-order chi connectivity index (χ0) is 21.2. The second-order valence-corrected chi connectivity index (χ2v) is 9.91. The zero-order valence-electron chi connectivity index (χ0n) is 16.9. The van der Waals surface area contributed by atoms with Crippen molar-refractivity contribution in [3.8, 4) is 0 Å². The van der Waals surface area contributed by atoms with Gasteiger partial charge in [-0.3, -0.25) is 14.6 Å². The molecule has 2 aromatic heterocycles. The number of thiazole rings is 1. The number of amides is 1. The Morgan fingerprint density at radius 2 is 1.81 bits per heavy atom. The molecule has 1 fully saturated rings. The number of hydrogen-bond acceptors (Lipinski definition) is 6. The van der Waals surface area contributed by atoms with Crippen molar-refractivity contribution in [1.82, 2.24) is 9.88 Å². The van der Waals surface area contributed by atoms with E-state index in [1.807, 2.05) is 53.4 Å². The number of thiophene rings is 1. The van der Waals surface area contributed by atoms with Gasteiger partial charge in [0.15, 0.2) is 5.13 Å². The van der Waals surface area contributed by atoms with Crippen molar-refractivity contribution in [2.75, 3.05) is 44.3 Å². The zero-order valence-corrected chi connectivity index (χ0v) is 19.3. The molecule has 0 spiro atoms. The number of morpholine rings is 1. The molecule has 1 aliphatic heterocycles. The summed E-state index contributed by atoms with van der Waals surface area (Å²) in [5.41, 5.74) is 0.913. The van der Waals surface area contributed by atoms with E-state index in [4.69, 9.17) is 21.3 Å². The number of carbonyl (C=O) groups is 1. The van der Waals surface area contributed by atoms with Crippen molar-refractivity contribution in [1.29, 1.82) is 0 Å². The molecule has 0 unspecified atom stereocenters. The van der Waals surface area contributed by atoms with E-state index in [-0.39, 0.29) is 5.91 Å². The van der Waals surface area contributed by atoms with Crippen molar-refractivity contribution in [3.05, 3.63) is 58.4 Å². The lowest BCUT2D eigenvalue weighted by molar-refractivity contribution is 0.0376. The SMILES string of the molecule is O=C(c1sc2ccccc2c1Cl)N(CCCN1CCOCC1)c1nc2ccccc2s1. The van der Waals surface area contributed by atoms with Gasteiger partial charge in [-0.2, -0.15) is 0 Å². The van der Waals surface area contributed by atoms with Gasteiger partial charge >= 0.3 is 0 Å². The van der Waals surface area contributed by atoms with E-state index in [1.54, 1.807) is 11.3 Å². The van der Waals surface area contributed by atoms with E-state index in [1.165, 1.54) is 11.3 Å². The number of aromatic nitrogens is 1. The number of nitrogens with zero attached hydrogens (tertiary/aromatic N) is 3. The molecular formula is C23H22ClN3O2S2. The first-order chi connectivity index (χ1) is 15.2. The Morgan fingerprint density at radius 3 is 2.58 bits per heavy atom. The minimum atomic E-state index is -0.0766. The van der Waals surface area contributed by atoms with Gasteiger partial charge in [0.05, 0.1) is 28.5 Å². The van der Waals surface area contributed by atoms with E-state index in [0.717, 1.165) is 64.7 Å². The van der Waals surface area contributed by atoms with Crippen molar-refractivity contribution in [2.24, 2.45) is 0 Å². The summed E-state index contributed by atoms with van der Waals surface area (Å²) in [5.74, 6) is -0.0766. The molecule has 0 aliphatic carbocycles. The summed E-state index contributed by atoms with van der Waals surface area (Å²) in [7, 11) is 0. The van der Waals surface area contributed by atoms with Gasteiger partial charge in [0.2, 0.25) is 0 Å². The molecule has 31 heavy (non-hydrogen) atoms. The Bertz CT molecular complexity index is 1180. The maximum atomic E-state index is 13.7. The normalized spacial score (nSPS) is 15.0. The molecule has 0 bridgehead atoms. The fraction of sp³-hybridized carbons (Fsp3) is 0.304. The molecule has 0 atom stereocenters. The Morgan fingerprint density at radius 1 is 1.06 bits per heavy atom. The molecule has 3 heterocycles. The van der Waals surface area contributed by atoms with Crippen LogP contribution in [0.25, 0.3) is 20.3 Å². The van der Waals surface area contributed by atoms with Gasteiger partial charge in [-0.1, -0.05) is 53.3 Å². The third kappa shape index (κ3) is 4.33. The molecule has 4 aromatic rings. The van der Waals surface area contributed by atoms with Crippen LogP contribution in [0.4, 0.5) is 5.13 Å². The topological polar surface area (TPSA) is 45.7 Å². The summed E-state index contributed by atoms with van der Waals surface area (Å²) < 4.78 is 7.54. The Kier molecular flexibility index (Phi) is 6.20. The number of anilines is 1. The molecule has 1 aliphatic rings. The molecule has 1 saturated heterocycles. The number of benzene rings is 2. The van der Waals surface area contributed by atoms with Crippen LogP contribution in [-0.2, 0) is 4.74 Å². The van der Waals surface area contributed by atoms with Gasteiger partial charge in [0.25, 0.3) is 5.91 Å². The highest BCUT2D eigenvalue weighted by molar-refractivity contribution is 7.23. The standard InChI is InChI=1S/C23H22ClN3O2S2/c24-20-16-6-1-3-8-18(16)30-21(20)22(28)27(11-5-10-26-12-14-29-15-13-26)23-25-17-7-2-4-9-19(17)31-23/h1-4,6-9H,5,10-15H2. The molecule has 0 N–H and O–H groups in total. The molecule has 0 saturated carbocycles. The highest BCUT2D eigenvalue weighted by atomic mass is 35.5. The Balaban J connectivity index is 1.44. The number of ether oxygens (including phenoxy) is 1. The fourth-order valence-corrected chi connectivity index (χ4v) is 6.26. The largest absolute Gasteiger partial charge is 0.379 e. The number of rotatable bonds is 6. The van der Waals surface area contributed by atoms with Gasteiger partial charge in [-0.25, -0.2) is 4.98 Å². The second kappa shape index (κ2) is 9.22. The number of halogens is 1. The molecule has 0 radical (unpaired) electrons. The van der Waals surface area contributed by atoms with Crippen LogP contribution in [0.3, 0.4) is 0 Å². The van der Waals surface area contributed by atoms with Crippen LogP contribution in [0.1, 0.15) is 16.1 Å². The lowest BCUT2D eigenvalue weighted by atomic mass is 10.2. The van der Waals surface area contributed by atoms with Gasteiger partial charge in [-0.15, -0.1) is 11.3 Å². The first-order valence-electron chi connectivity index (χ1n) is 10.4. The Hall–Kier alpha value is -2.03. The molecule has 1 amide bonds. The molecule has 8 heteroatoms. The number of fused-ring (bicyclic) bond motifs is 2. The van der Waals surface area contributed by atoms with Gasteiger partial charge in [-0.05, 0) is 24.6 Å². The highest BCUT2D eigenvalue weighted by Crippen LogP contribution is 2.37. The van der Waals surface area contributed by atoms with Crippen LogP contribution in [0.15, 0.2) is 48.5 Å². The molecule has 5 rings (SSSR count). The minimum absolute atomic E-state index is 0.0766. The second-order valence-electron chi connectivity index (χ2n) is 7.47. The molecular weight excluding hydrogens is 450 g/mol. The van der Waals surface area contributed by atoms with E-state index >= 15 is 0 Å². The summed E-state index contributed by atoms with van der Waals surface area (Å²) in [4.78, 5) is 23.2. The van der Waals surface area contributed by atoms with Gasteiger partial charge in [0.1, 0.15) is 4.88 Å². The smallest absolute Gasteiger partial charge is 0.271 e. The molecule has 160 valence electrons. The average molecular weight is 472 g/mol. The van der Waals surface area contributed by atoms with Crippen LogP contribution in [0.2, 0.25) is 5.02 Å². The van der Waals surface area contributed by atoms with E-state index < -0.39 is 0 Å². The van der Waals surface area contributed by atoms with Crippen molar-refractivity contribution in [3.63, 3.8) is 0 Å². The third-order valence-corrected chi connectivity index (χ3v) is 8.17. The van der Waals surface area contributed by atoms with E-state index in [0.29, 0.717) is 16.4 Å². The lowest BCUT2D eigenvalue weighted by Crippen LogP contribution is -2.39. The molecule has 5 nitrogen and oxygen atoms in total. The van der Waals surface area contributed by atoms with Crippen LogP contribution < -0.4 is 4.90 Å². The van der Waals surface area contributed by atoms with Crippen LogP contribution in [-0.4, -0.2) is 55.2 Å². The first-order valence-corrected chi connectivity index (χ1v) is 12.4. The monoisotopic (exact) mass is 471 g/mol. The minimum Gasteiger partial charge on any atom is -0.379 e. The number of para-hydroxylation sites is 1. The summed E-state index contributed by atoms with van der Waals surface area (Å²) in [6, 6.07) is 15.9. The number of hydrogen-bond donors (Lipinski definition) is 0. The quantitative estimate of drug-likeness (QED) is 0.370. The predicted molar refractivity (Wildman–Crippen MR) is 130 cm³/mol. The maximum Gasteiger partial charge on any atom is 0.271 e. The van der Waals surface area contributed by atoms with Crippen molar-refractivity contribution in [2.45, 2.75) is 6.42 Å². The van der Waals surface area contributed by atoms with Crippen molar-refractivity contribution < 1.29 is 9.53 Å². The van der Waals surface area contributed by atoms with Crippen LogP contribution in [0.5, 0.6) is 0 Å². The maximum absolute atomic E-state index is 13.7. The Labute approximate surface area is 193 Å².